The number of H-pyrrole nitrogens is 1. The predicted molar refractivity (Wildman–Crippen MR) is 103 cm³/mol. The molecular formula is C19H20F3N5O2. The van der Waals surface area contributed by atoms with Gasteiger partial charge in [0.05, 0.1) is 22.8 Å². The van der Waals surface area contributed by atoms with Crippen molar-refractivity contribution in [3.8, 4) is 5.88 Å². The van der Waals surface area contributed by atoms with Crippen LogP contribution in [0.5, 0.6) is 5.88 Å². The van der Waals surface area contributed by atoms with Crippen molar-refractivity contribution in [2.45, 2.75) is 32.2 Å². The van der Waals surface area contributed by atoms with Crippen LogP contribution in [0.15, 0.2) is 47.6 Å². The van der Waals surface area contributed by atoms with Gasteiger partial charge in [-0.2, -0.15) is 13.2 Å². The van der Waals surface area contributed by atoms with E-state index in [1.54, 1.807) is 6.07 Å². The second kappa shape index (κ2) is 8.48. The van der Waals surface area contributed by atoms with Crippen LogP contribution in [0.1, 0.15) is 25.5 Å². The van der Waals surface area contributed by atoms with Crippen molar-refractivity contribution in [1.82, 2.24) is 15.2 Å². The predicted octanol–water partition coefficient (Wildman–Crippen LogP) is 3.85. The number of anilines is 1. The van der Waals surface area contributed by atoms with Crippen LogP contribution in [0.3, 0.4) is 0 Å². The number of hydrogen-bond acceptors (Lipinski definition) is 5. The minimum Gasteiger partial charge on any atom is -0.473 e. The van der Waals surface area contributed by atoms with Crippen LogP contribution in [0.4, 0.5) is 19.0 Å². The second-order valence-corrected chi connectivity index (χ2v) is 6.44. The zero-order chi connectivity index (χ0) is 21.0. The van der Waals surface area contributed by atoms with Crippen LogP contribution in [0.25, 0.3) is 10.9 Å². The molecule has 0 aliphatic heterocycles. The van der Waals surface area contributed by atoms with Crippen LogP contribution in [0, 0.1) is 0 Å². The third-order valence-corrected chi connectivity index (χ3v) is 4.15. The van der Waals surface area contributed by atoms with E-state index < -0.39 is 18.9 Å². The number of fused-ring (bicyclic) bond motifs is 1. The molecule has 2 atom stereocenters. The number of amidine groups is 1. The number of rotatable bonds is 6. The van der Waals surface area contributed by atoms with E-state index in [0.717, 1.165) is 5.56 Å². The summed E-state index contributed by atoms with van der Waals surface area (Å²) < 4.78 is 42.1. The molecule has 2 unspecified atom stereocenters. The van der Waals surface area contributed by atoms with Crippen LogP contribution in [0.2, 0.25) is 0 Å². The molecule has 0 spiro atoms. The molecule has 10 heteroatoms. The number of aliphatic imine (C=N–C) groups is 1. The summed E-state index contributed by atoms with van der Waals surface area (Å²) in [7, 11) is 0. The highest BCUT2D eigenvalue weighted by Gasteiger charge is 2.39. The lowest BCUT2D eigenvalue weighted by Gasteiger charge is -2.14. The van der Waals surface area contributed by atoms with Gasteiger partial charge < -0.3 is 15.2 Å². The number of benzene rings is 1. The molecule has 3 rings (SSSR count). The zero-order valence-electron chi connectivity index (χ0n) is 15.7. The third-order valence-electron chi connectivity index (χ3n) is 4.15. The van der Waals surface area contributed by atoms with Gasteiger partial charge in [0.15, 0.2) is 6.10 Å². The van der Waals surface area contributed by atoms with Gasteiger partial charge in [-0.1, -0.05) is 30.3 Å². The number of nitrogens with zero attached hydrogens (tertiary/aromatic N) is 3. The minimum absolute atomic E-state index is 0.0420. The topological polar surface area (TPSA) is 95.4 Å². The number of aliphatic hydroxyl groups is 1. The fourth-order valence-corrected chi connectivity index (χ4v) is 2.63. The van der Waals surface area contributed by atoms with Crippen LogP contribution in [-0.2, 0) is 0 Å². The van der Waals surface area contributed by atoms with Gasteiger partial charge in [0, 0.05) is 12.3 Å². The SMILES string of the molecule is CC(=NC(C)c1ccccc1)Nc1cc2[nH]nc(OCC(O)C(F)(F)F)c2cn1. The fourth-order valence-electron chi connectivity index (χ4n) is 2.63. The molecule has 2 heterocycles. The Balaban J connectivity index is 1.68. The van der Waals surface area contributed by atoms with E-state index in [0.29, 0.717) is 22.6 Å². The van der Waals surface area contributed by atoms with Gasteiger partial charge in [0.25, 0.3) is 0 Å². The Bertz CT molecular complexity index is 988. The van der Waals surface area contributed by atoms with Crippen LogP contribution < -0.4 is 10.1 Å². The Hall–Kier alpha value is -3.14. The molecule has 0 saturated carbocycles. The molecule has 3 aromatic rings. The molecule has 1 aromatic carbocycles. The monoisotopic (exact) mass is 407 g/mol. The van der Waals surface area contributed by atoms with Gasteiger partial charge in [-0.15, -0.1) is 5.10 Å². The first-order valence-electron chi connectivity index (χ1n) is 8.82. The van der Waals surface area contributed by atoms with E-state index in [-0.39, 0.29) is 11.9 Å². The maximum Gasteiger partial charge on any atom is 0.417 e. The smallest absolute Gasteiger partial charge is 0.417 e. The summed E-state index contributed by atoms with van der Waals surface area (Å²) in [5.41, 5.74) is 1.59. The average Bonchev–Trinajstić information content (AvgIpc) is 3.08. The Morgan fingerprint density at radius 1 is 1.31 bits per heavy atom. The van der Waals surface area contributed by atoms with Crippen molar-refractivity contribution >= 4 is 22.6 Å². The van der Waals surface area contributed by atoms with Crippen molar-refractivity contribution in [3.63, 3.8) is 0 Å². The van der Waals surface area contributed by atoms with Crippen molar-refractivity contribution < 1.29 is 23.0 Å². The normalized spacial score (nSPS) is 14.6. The van der Waals surface area contributed by atoms with Crippen LogP contribution in [-0.4, -0.2) is 45.0 Å². The summed E-state index contributed by atoms with van der Waals surface area (Å²) in [4.78, 5) is 8.80. The van der Waals surface area contributed by atoms with Gasteiger partial charge >= 0.3 is 6.18 Å². The molecule has 3 N–H and O–H groups in total. The molecule has 0 aliphatic carbocycles. The summed E-state index contributed by atoms with van der Waals surface area (Å²) in [5.74, 6) is 1.08. The molecular weight excluding hydrogens is 387 g/mol. The number of hydrogen-bond donors (Lipinski definition) is 3. The van der Waals surface area contributed by atoms with E-state index >= 15 is 0 Å². The Morgan fingerprint density at radius 2 is 2.03 bits per heavy atom. The molecule has 29 heavy (non-hydrogen) atoms. The molecule has 0 radical (unpaired) electrons. The third kappa shape index (κ3) is 5.23. The van der Waals surface area contributed by atoms with Gasteiger partial charge in [0.1, 0.15) is 12.4 Å². The average molecular weight is 407 g/mol. The van der Waals surface area contributed by atoms with Gasteiger partial charge in [-0.3, -0.25) is 10.1 Å². The van der Waals surface area contributed by atoms with E-state index in [4.69, 9.17) is 9.84 Å². The molecule has 154 valence electrons. The molecule has 0 aliphatic rings. The molecule has 7 nitrogen and oxygen atoms in total. The number of halogens is 3. The second-order valence-electron chi connectivity index (χ2n) is 6.44. The van der Waals surface area contributed by atoms with Gasteiger partial charge in [-0.25, -0.2) is 4.98 Å². The van der Waals surface area contributed by atoms with Gasteiger partial charge in [0.2, 0.25) is 5.88 Å². The van der Waals surface area contributed by atoms with Crippen molar-refractivity contribution in [3.05, 3.63) is 48.2 Å². The molecule has 2 aromatic heterocycles. The lowest BCUT2D eigenvalue weighted by Crippen LogP contribution is -2.34. The number of aromatic amines is 1. The zero-order valence-corrected chi connectivity index (χ0v) is 15.7. The Labute approximate surface area is 164 Å². The maximum absolute atomic E-state index is 12.4. The number of aromatic nitrogens is 3. The summed E-state index contributed by atoms with van der Waals surface area (Å²) in [6.07, 6.45) is -5.92. The number of aliphatic hydroxyl groups excluding tert-OH is 1. The molecule has 0 amide bonds. The Kier molecular flexibility index (Phi) is 6.02. The lowest BCUT2D eigenvalue weighted by atomic mass is 10.1. The highest BCUT2D eigenvalue weighted by Crippen LogP contribution is 2.26. The highest BCUT2D eigenvalue weighted by molar-refractivity contribution is 5.95. The first-order chi connectivity index (χ1) is 13.7. The van der Waals surface area contributed by atoms with Crippen molar-refractivity contribution in [2.24, 2.45) is 4.99 Å². The number of ether oxygens (including phenoxy) is 1. The fraction of sp³-hybridized carbons (Fsp3) is 0.316. The van der Waals surface area contributed by atoms with Crippen molar-refractivity contribution in [2.75, 3.05) is 11.9 Å². The van der Waals surface area contributed by atoms with E-state index in [1.165, 1.54) is 6.20 Å². The lowest BCUT2D eigenvalue weighted by molar-refractivity contribution is -0.210. The van der Waals surface area contributed by atoms with Gasteiger partial charge in [-0.05, 0) is 19.4 Å². The number of alkyl halides is 3. The van der Waals surface area contributed by atoms with Crippen molar-refractivity contribution in [1.29, 1.82) is 0 Å². The first-order valence-corrected chi connectivity index (χ1v) is 8.82. The first kappa shape index (κ1) is 20.6. The van der Waals surface area contributed by atoms with Crippen LogP contribution >= 0.6 is 0 Å². The quantitative estimate of drug-likeness (QED) is 0.426. The summed E-state index contributed by atoms with van der Waals surface area (Å²) in [6.45, 7) is 2.84. The standard InChI is InChI=1S/C19H20F3N5O2/c1-11(13-6-4-3-5-7-13)24-12(2)25-17-8-15-14(9-23-17)18(27-26-15)29-10-16(28)19(20,21)22/h3-9,11,16,28H,10H2,1-2H3,(H,26,27)(H,23,24,25). The Morgan fingerprint density at radius 3 is 2.72 bits per heavy atom. The van der Waals surface area contributed by atoms with E-state index in [9.17, 15) is 13.2 Å². The molecule has 0 fully saturated rings. The minimum atomic E-state index is -4.75. The van der Waals surface area contributed by atoms with E-state index in [2.05, 4.69) is 25.5 Å². The number of nitrogens with one attached hydrogen (secondary N) is 2. The maximum atomic E-state index is 12.4. The summed E-state index contributed by atoms with van der Waals surface area (Å²) in [5, 5.41) is 19.0. The molecule has 0 saturated heterocycles. The summed E-state index contributed by atoms with van der Waals surface area (Å²) in [6, 6.07) is 11.4. The summed E-state index contributed by atoms with van der Waals surface area (Å²) >= 11 is 0. The highest BCUT2D eigenvalue weighted by atomic mass is 19.4. The largest absolute Gasteiger partial charge is 0.473 e. The number of pyridine rings is 1. The van der Waals surface area contributed by atoms with E-state index in [1.807, 2.05) is 44.2 Å². The molecule has 0 bridgehead atoms.